The Morgan fingerprint density at radius 2 is 1.50 bits per heavy atom. The topological polar surface area (TPSA) is 39.4 Å². The van der Waals surface area contributed by atoms with Crippen molar-refractivity contribution >= 4 is 34.5 Å². The normalized spacial score (nSPS) is 12.3. The molecule has 7 heteroatoms. The molecule has 3 nitrogen and oxygen atoms in total. The third-order valence-electron chi connectivity index (χ3n) is 3.20. The average molecular weight is 365 g/mol. The minimum Gasteiger partial charge on any atom is -0.464 e. The lowest BCUT2D eigenvalue weighted by Gasteiger charge is -2.11. The van der Waals surface area contributed by atoms with Gasteiger partial charge in [-0.2, -0.15) is 0 Å². The molecule has 0 saturated carbocycles. The van der Waals surface area contributed by atoms with Crippen molar-refractivity contribution in [3.63, 3.8) is 0 Å². The fraction of sp³-hybridized carbons (Fsp3) is 0.200. The van der Waals surface area contributed by atoms with Crippen LogP contribution in [0.3, 0.4) is 0 Å². The molecule has 0 N–H and O–H groups in total. The van der Waals surface area contributed by atoms with Crippen LogP contribution in [0.15, 0.2) is 62.4 Å². The monoisotopic (exact) mass is 364 g/mol. The van der Waals surface area contributed by atoms with Gasteiger partial charge in [0, 0.05) is 16.1 Å². The molecule has 3 aromatic heterocycles. The highest BCUT2D eigenvalue weighted by Crippen LogP contribution is 2.33. The highest BCUT2D eigenvalue weighted by molar-refractivity contribution is 7.50. The van der Waals surface area contributed by atoms with E-state index < -0.39 is 7.59 Å². The third-order valence-corrected chi connectivity index (χ3v) is 42.7. The minimum absolute atomic E-state index is 0.422. The van der Waals surface area contributed by atoms with Gasteiger partial charge in [-0.15, -0.1) is 0 Å². The van der Waals surface area contributed by atoms with Crippen molar-refractivity contribution < 1.29 is 13.3 Å². The quantitative estimate of drug-likeness (QED) is 0.666. The molecule has 0 aliphatic heterocycles. The highest BCUT2D eigenvalue weighted by atomic mass is 29.7. The third kappa shape index (κ3) is 4.87. The molecule has 3 rings (SSSR count). The Labute approximate surface area is 139 Å². The summed E-state index contributed by atoms with van der Waals surface area (Å²) in [7, 11) is 2.43. The summed E-state index contributed by atoms with van der Waals surface area (Å²) < 4.78 is 16.0. The van der Waals surface area contributed by atoms with Crippen molar-refractivity contribution in [3.8, 4) is 22.8 Å². The molecule has 0 aliphatic carbocycles. The second kappa shape index (κ2) is 7.82. The zero-order valence-corrected chi connectivity index (χ0v) is 19.6. The van der Waals surface area contributed by atoms with Crippen LogP contribution in [0.25, 0.3) is 22.8 Å². The second-order valence-electron chi connectivity index (χ2n) is 6.43. The van der Waals surface area contributed by atoms with Gasteiger partial charge in [-0.25, -0.2) is 0 Å². The standard InChI is InChI=1S/C12H8O3.C3H16Si4/c1-3-10(13-6-1)9-5-8-15-12(9)11-4-2-7-14-11;1-7(2,3)6-5-4/h1-8H;5-6H2,1-4H3. The lowest BCUT2D eigenvalue weighted by molar-refractivity contribution is 0.523. The van der Waals surface area contributed by atoms with Gasteiger partial charge in [0.1, 0.15) is 5.76 Å². The van der Waals surface area contributed by atoms with Crippen molar-refractivity contribution in [2.45, 2.75) is 19.6 Å². The highest BCUT2D eigenvalue weighted by Gasteiger charge is 2.14. The van der Waals surface area contributed by atoms with Gasteiger partial charge in [-0.1, -0.05) is 19.6 Å². The Bertz CT molecular complexity index is 603. The van der Waals surface area contributed by atoms with Crippen molar-refractivity contribution in [1.82, 2.24) is 0 Å². The van der Waals surface area contributed by atoms with Gasteiger partial charge < -0.3 is 13.3 Å². The number of rotatable bonds is 4. The lowest BCUT2D eigenvalue weighted by Crippen LogP contribution is -2.34. The molecule has 0 bridgehead atoms. The Hall–Kier alpha value is -1.29. The lowest BCUT2D eigenvalue weighted by atomic mass is 10.2. The SMILES string of the molecule is C[Si](C)(C)[SiH2][SiH2][SiH3].c1coc(-c2ccoc2-c2ccco2)c1. The molecule has 3 heterocycles. The smallest absolute Gasteiger partial charge is 0.180 e. The molecule has 118 valence electrons. The maximum atomic E-state index is 5.38. The van der Waals surface area contributed by atoms with E-state index >= 15 is 0 Å². The van der Waals surface area contributed by atoms with Crippen LogP contribution in [0.5, 0.6) is 0 Å². The largest absolute Gasteiger partial charge is 0.464 e. The van der Waals surface area contributed by atoms with Crippen LogP contribution in [-0.2, 0) is 0 Å². The predicted molar refractivity (Wildman–Crippen MR) is 104 cm³/mol. The van der Waals surface area contributed by atoms with Gasteiger partial charge in [0.05, 0.1) is 24.4 Å². The van der Waals surface area contributed by atoms with Crippen LogP contribution in [-0.4, -0.2) is 34.5 Å². The number of hydrogen-bond donors (Lipinski definition) is 0. The molecule has 0 fully saturated rings. The van der Waals surface area contributed by atoms with Crippen molar-refractivity contribution in [3.05, 3.63) is 49.1 Å². The molecule has 0 aliphatic rings. The van der Waals surface area contributed by atoms with Gasteiger partial charge in [-0.05, 0) is 48.6 Å². The fourth-order valence-corrected chi connectivity index (χ4v) is 62.3. The second-order valence-corrected chi connectivity index (χ2v) is 37.4. The van der Waals surface area contributed by atoms with E-state index in [1.54, 1.807) is 28.5 Å². The first-order chi connectivity index (χ1) is 10.5. The van der Waals surface area contributed by atoms with Crippen LogP contribution < -0.4 is 0 Å². The summed E-state index contributed by atoms with van der Waals surface area (Å²) in [6.45, 7) is 7.60. The molecule has 0 aromatic carbocycles. The molecule has 3 aromatic rings. The van der Waals surface area contributed by atoms with E-state index in [-0.39, 0.29) is 0 Å². The summed E-state index contributed by atoms with van der Waals surface area (Å²) in [5.74, 6) is 2.16. The van der Waals surface area contributed by atoms with Gasteiger partial charge in [0.25, 0.3) is 0 Å². The molecular formula is C15H24O3Si4. The summed E-state index contributed by atoms with van der Waals surface area (Å²) in [6.07, 6.45) is 4.87. The van der Waals surface area contributed by atoms with Crippen molar-refractivity contribution in [2.24, 2.45) is 0 Å². The van der Waals surface area contributed by atoms with E-state index in [9.17, 15) is 0 Å². The van der Waals surface area contributed by atoms with Crippen molar-refractivity contribution in [1.29, 1.82) is 0 Å². The Kier molecular flexibility index (Phi) is 6.06. The first-order valence-corrected chi connectivity index (χ1v) is 23.1. The van der Waals surface area contributed by atoms with Gasteiger partial charge >= 0.3 is 0 Å². The van der Waals surface area contributed by atoms with E-state index in [1.165, 1.54) is 0 Å². The zero-order valence-electron chi connectivity index (χ0n) is 13.8. The molecule has 0 radical (unpaired) electrons. The van der Waals surface area contributed by atoms with E-state index in [2.05, 4.69) is 19.6 Å². The van der Waals surface area contributed by atoms with E-state index in [0.29, 0.717) is 28.6 Å². The van der Waals surface area contributed by atoms with Crippen LogP contribution >= 0.6 is 0 Å². The molecule has 0 spiro atoms. The van der Waals surface area contributed by atoms with Gasteiger partial charge in [0.15, 0.2) is 11.5 Å². The van der Waals surface area contributed by atoms with Crippen LogP contribution in [0.4, 0.5) is 0 Å². The predicted octanol–water partition coefficient (Wildman–Crippen LogP) is 2.15. The van der Waals surface area contributed by atoms with Crippen LogP contribution in [0, 0.1) is 0 Å². The number of furan rings is 3. The Balaban J connectivity index is 0.000000217. The van der Waals surface area contributed by atoms with E-state index in [4.69, 9.17) is 13.3 Å². The van der Waals surface area contributed by atoms with Crippen LogP contribution in [0.1, 0.15) is 0 Å². The molecule has 0 amide bonds. The molecule has 0 atom stereocenters. The molecular weight excluding hydrogens is 341 g/mol. The van der Waals surface area contributed by atoms with Crippen LogP contribution in [0.2, 0.25) is 19.6 Å². The Morgan fingerprint density at radius 3 is 1.95 bits per heavy atom. The maximum Gasteiger partial charge on any atom is 0.180 e. The van der Waals surface area contributed by atoms with E-state index in [0.717, 1.165) is 11.3 Å². The molecule has 0 unspecified atom stereocenters. The summed E-state index contributed by atoms with van der Waals surface area (Å²) in [5, 5.41) is 0. The maximum absolute atomic E-state index is 5.38. The zero-order chi connectivity index (χ0) is 16.0. The summed E-state index contributed by atoms with van der Waals surface area (Å²) in [6, 6.07) is 9.26. The van der Waals surface area contributed by atoms with Gasteiger partial charge in [0.2, 0.25) is 0 Å². The first kappa shape index (κ1) is 17.1. The molecule has 0 saturated heterocycles. The summed E-state index contributed by atoms with van der Waals surface area (Å²) >= 11 is 0. The Morgan fingerprint density at radius 1 is 0.864 bits per heavy atom. The molecule has 22 heavy (non-hydrogen) atoms. The van der Waals surface area contributed by atoms with E-state index in [1.807, 2.05) is 30.3 Å². The summed E-state index contributed by atoms with van der Waals surface area (Å²) in [5.41, 5.74) is 0.898. The average Bonchev–Trinajstić information content (AvgIpc) is 3.20. The number of hydrogen-bond acceptors (Lipinski definition) is 3. The van der Waals surface area contributed by atoms with Gasteiger partial charge in [-0.3, -0.25) is 0 Å². The first-order valence-electron chi connectivity index (χ1n) is 7.66. The fourth-order valence-electron chi connectivity index (χ4n) is 2.28. The summed E-state index contributed by atoms with van der Waals surface area (Å²) in [4.78, 5) is 0. The van der Waals surface area contributed by atoms with Crippen molar-refractivity contribution in [2.75, 3.05) is 0 Å². The minimum atomic E-state index is -0.422.